The molecule has 0 aliphatic heterocycles. The van der Waals surface area contributed by atoms with E-state index in [1.165, 1.54) is 6.07 Å². The van der Waals surface area contributed by atoms with Crippen LogP contribution in [0, 0.1) is 5.95 Å². The molecule has 0 amide bonds. The molecule has 4 heterocycles. The molecule has 0 bridgehead atoms. The van der Waals surface area contributed by atoms with E-state index in [2.05, 4.69) is 20.2 Å². The van der Waals surface area contributed by atoms with Gasteiger partial charge in [0.1, 0.15) is 17.1 Å². The Kier molecular flexibility index (Phi) is 4.88. The first-order valence-electron chi connectivity index (χ1n) is 8.40. The van der Waals surface area contributed by atoms with Crippen molar-refractivity contribution in [3.63, 3.8) is 0 Å². The normalized spacial score (nSPS) is 10.9. The van der Waals surface area contributed by atoms with E-state index in [-0.39, 0.29) is 0 Å². The van der Waals surface area contributed by atoms with E-state index in [4.69, 9.17) is 4.74 Å². The van der Waals surface area contributed by atoms with Crippen LogP contribution in [0.3, 0.4) is 0 Å². The monoisotopic (exact) mass is 381 g/mol. The minimum absolute atomic E-state index is 0.389. The lowest BCUT2D eigenvalue weighted by Gasteiger charge is -2.12. The van der Waals surface area contributed by atoms with E-state index in [1.54, 1.807) is 35.9 Å². The lowest BCUT2D eigenvalue weighted by atomic mass is 10.2. The average Bonchev–Trinajstić information content (AvgIpc) is 3.35. The number of nitrogens with zero attached hydrogens (tertiary/aromatic N) is 5. The zero-order chi connectivity index (χ0) is 18.6. The second kappa shape index (κ2) is 7.63. The Morgan fingerprint density at radius 1 is 1.19 bits per heavy atom. The summed E-state index contributed by atoms with van der Waals surface area (Å²) in [7, 11) is 0. The van der Waals surface area contributed by atoms with E-state index in [0.29, 0.717) is 36.1 Å². The molecule has 27 heavy (non-hydrogen) atoms. The minimum atomic E-state index is -0.544. The smallest absolute Gasteiger partial charge is 0.213 e. The summed E-state index contributed by atoms with van der Waals surface area (Å²) in [6.07, 6.45) is 3.45. The fourth-order valence-corrected chi connectivity index (χ4v) is 3.35. The number of imidazole rings is 1. The van der Waals surface area contributed by atoms with Crippen molar-refractivity contribution in [2.24, 2.45) is 0 Å². The molecular weight excluding hydrogens is 365 g/mol. The van der Waals surface area contributed by atoms with Gasteiger partial charge in [-0.3, -0.25) is 0 Å². The number of hydrogen-bond acceptors (Lipinski definition) is 6. The third-order valence-corrected chi connectivity index (χ3v) is 4.61. The molecule has 8 heteroatoms. The van der Waals surface area contributed by atoms with Crippen LogP contribution in [0.1, 0.15) is 12.6 Å². The molecule has 6 nitrogen and oxygen atoms in total. The highest BCUT2D eigenvalue weighted by Gasteiger charge is 2.14. The topological polar surface area (TPSA) is 65.7 Å². The minimum Gasteiger partial charge on any atom is -0.492 e. The number of aromatic nitrogens is 5. The molecule has 0 unspecified atom stereocenters. The van der Waals surface area contributed by atoms with Crippen LogP contribution in [-0.4, -0.2) is 31.3 Å². The molecule has 0 aliphatic carbocycles. The maximum Gasteiger partial charge on any atom is 0.213 e. The fourth-order valence-electron chi connectivity index (χ4n) is 2.71. The third-order valence-electron chi connectivity index (χ3n) is 3.93. The highest BCUT2D eigenvalue weighted by Crippen LogP contribution is 2.26. The van der Waals surface area contributed by atoms with Gasteiger partial charge in [0.15, 0.2) is 5.82 Å². The molecule has 0 spiro atoms. The summed E-state index contributed by atoms with van der Waals surface area (Å²) >= 11 is 1.60. The molecule has 0 atom stereocenters. The second-order valence-electron chi connectivity index (χ2n) is 5.71. The molecule has 4 aromatic heterocycles. The standard InChI is InChI=1S/C19H16FN5OS/c1-2-26-17-10-15(13-6-9-27-12-13)23-24-16(17)11-25-8-7-21-19(25)14-4-3-5-18(20)22-14/h3-10,12H,2,11H2,1H3. The van der Waals surface area contributed by atoms with Crippen LogP contribution in [0.15, 0.2) is 53.5 Å². The zero-order valence-electron chi connectivity index (χ0n) is 14.5. The van der Waals surface area contributed by atoms with Gasteiger partial charge < -0.3 is 9.30 Å². The first-order chi connectivity index (χ1) is 13.2. The van der Waals surface area contributed by atoms with Gasteiger partial charge in [0.25, 0.3) is 0 Å². The highest BCUT2D eigenvalue weighted by molar-refractivity contribution is 7.08. The Bertz CT molecular complexity index is 1050. The summed E-state index contributed by atoms with van der Waals surface area (Å²) in [5, 5.41) is 12.7. The fraction of sp³-hybridized carbons (Fsp3) is 0.158. The quantitative estimate of drug-likeness (QED) is 0.472. The van der Waals surface area contributed by atoms with Crippen LogP contribution in [0.2, 0.25) is 0 Å². The highest BCUT2D eigenvalue weighted by atomic mass is 32.1. The van der Waals surface area contributed by atoms with E-state index >= 15 is 0 Å². The van der Waals surface area contributed by atoms with Crippen LogP contribution in [0.4, 0.5) is 4.39 Å². The van der Waals surface area contributed by atoms with Gasteiger partial charge in [-0.1, -0.05) is 6.07 Å². The molecule has 0 saturated heterocycles. The van der Waals surface area contributed by atoms with Gasteiger partial charge in [0, 0.05) is 29.4 Å². The predicted molar refractivity (Wildman–Crippen MR) is 101 cm³/mol. The molecule has 0 aromatic carbocycles. The Balaban J connectivity index is 1.68. The van der Waals surface area contributed by atoms with Crippen LogP contribution < -0.4 is 4.74 Å². The largest absolute Gasteiger partial charge is 0.492 e. The van der Waals surface area contributed by atoms with Crippen molar-refractivity contribution in [3.8, 4) is 28.5 Å². The molecular formula is C19H16FN5OS. The van der Waals surface area contributed by atoms with Crippen LogP contribution in [-0.2, 0) is 6.54 Å². The second-order valence-corrected chi connectivity index (χ2v) is 6.49. The van der Waals surface area contributed by atoms with Crippen molar-refractivity contribution < 1.29 is 9.13 Å². The molecule has 4 aromatic rings. The first-order valence-corrected chi connectivity index (χ1v) is 9.35. The van der Waals surface area contributed by atoms with Crippen molar-refractivity contribution in [1.82, 2.24) is 24.7 Å². The van der Waals surface area contributed by atoms with Gasteiger partial charge in [-0.15, -0.1) is 10.2 Å². The van der Waals surface area contributed by atoms with Crippen molar-refractivity contribution in [3.05, 3.63) is 65.1 Å². The van der Waals surface area contributed by atoms with Crippen molar-refractivity contribution >= 4 is 11.3 Å². The number of rotatable bonds is 6. The zero-order valence-corrected chi connectivity index (χ0v) is 15.4. The Hall–Kier alpha value is -3.13. The van der Waals surface area contributed by atoms with Crippen molar-refractivity contribution in [1.29, 1.82) is 0 Å². The predicted octanol–water partition coefficient (Wildman–Crippen LogP) is 4.05. The van der Waals surface area contributed by atoms with Crippen molar-refractivity contribution in [2.75, 3.05) is 6.61 Å². The van der Waals surface area contributed by atoms with E-state index < -0.39 is 5.95 Å². The van der Waals surface area contributed by atoms with E-state index in [9.17, 15) is 4.39 Å². The van der Waals surface area contributed by atoms with Gasteiger partial charge >= 0.3 is 0 Å². The average molecular weight is 381 g/mol. The third kappa shape index (κ3) is 3.70. The van der Waals surface area contributed by atoms with Crippen LogP contribution in [0.5, 0.6) is 5.75 Å². The van der Waals surface area contributed by atoms with Crippen molar-refractivity contribution in [2.45, 2.75) is 13.5 Å². The summed E-state index contributed by atoms with van der Waals surface area (Å²) < 4.78 is 21.1. The van der Waals surface area contributed by atoms with Crippen LogP contribution in [0.25, 0.3) is 22.8 Å². The maximum atomic E-state index is 13.5. The Labute approximate surface area is 159 Å². The number of pyridine rings is 1. The maximum absolute atomic E-state index is 13.5. The number of halogens is 1. The number of ether oxygens (including phenoxy) is 1. The van der Waals surface area contributed by atoms with Gasteiger partial charge in [-0.05, 0) is 30.5 Å². The van der Waals surface area contributed by atoms with Crippen LogP contribution >= 0.6 is 11.3 Å². The summed E-state index contributed by atoms with van der Waals surface area (Å²) in [5.41, 5.74) is 2.90. The SMILES string of the molecule is CCOc1cc(-c2ccsc2)nnc1Cn1ccnc1-c1cccc(F)n1. The molecule has 0 saturated carbocycles. The summed E-state index contributed by atoms with van der Waals surface area (Å²) in [6.45, 7) is 2.83. The number of hydrogen-bond donors (Lipinski definition) is 0. The van der Waals surface area contributed by atoms with E-state index in [0.717, 1.165) is 11.3 Å². The Morgan fingerprint density at radius 3 is 2.89 bits per heavy atom. The molecule has 0 fully saturated rings. The number of thiophene rings is 1. The van der Waals surface area contributed by atoms with Gasteiger partial charge in [0.2, 0.25) is 5.95 Å². The van der Waals surface area contributed by atoms with Gasteiger partial charge in [-0.2, -0.15) is 15.7 Å². The summed E-state index contributed by atoms with van der Waals surface area (Å²) in [5.74, 6) is 0.679. The lowest BCUT2D eigenvalue weighted by Crippen LogP contribution is -2.08. The summed E-state index contributed by atoms with van der Waals surface area (Å²) in [6, 6.07) is 8.52. The van der Waals surface area contributed by atoms with Gasteiger partial charge in [0.05, 0.1) is 18.8 Å². The van der Waals surface area contributed by atoms with E-state index in [1.807, 2.05) is 34.4 Å². The molecule has 136 valence electrons. The summed E-state index contributed by atoms with van der Waals surface area (Å²) in [4.78, 5) is 8.21. The molecule has 0 aliphatic rings. The first kappa shape index (κ1) is 17.3. The Morgan fingerprint density at radius 2 is 2.11 bits per heavy atom. The molecule has 0 radical (unpaired) electrons. The molecule has 0 N–H and O–H groups in total. The lowest BCUT2D eigenvalue weighted by molar-refractivity contribution is 0.332. The van der Waals surface area contributed by atoms with Gasteiger partial charge in [-0.25, -0.2) is 9.97 Å². The molecule has 4 rings (SSSR count).